The van der Waals surface area contributed by atoms with Crippen LogP contribution in [0.2, 0.25) is 0 Å². The highest BCUT2D eigenvalue weighted by atomic mass is 32.2. The third kappa shape index (κ3) is 5.58. The SMILES string of the molecule is CCN(CC)S(=O)(=O)c1ccc(C(=O)NCCc2csc(-c3ccc(C)cc3)n2)cc1. The third-order valence-electron chi connectivity index (χ3n) is 4.98. The van der Waals surface area contributed by atoms with Crippen molar-refractivity contribution in [2.75, 3.05) is 19.6 Å². The lowest BCUT2D eigenvalue weighted by Gasteiger charge is -2.18. The Morgan fingerprint density at radius 1 is 1.03 bits per heavy atom. The molecule has 1 amide bonds. The summed E-state index contributed by atoms with van der Waals surface area (Å²) in [6, 6.07) is 14.3. The van der Waals surface area contributed by atoms with Crippen LogP contribution in [0, 0.1) is 6.92 Å². The van der Waals surface area contributed by atoms with Gasteiger partial charge in [0.25, 0.3) is 5.91 Å². The lowest BCUT2D eigenvalue weighted by Crippen LogP contribution is -2.30. The number of carbonyl (C=O) groups excluding carboxylic acids is 1. The number of sulfonamides is 1. The molecule has 1 N–H and O–H groups in total. The van der Waals surface area contributed by atoms with Gasteiger partial charge in [0.05, 0.1) is 10.6 Å². The fourth-order valence-electron chi connectivity index (χ4n) is 3.15. The maximum absolute atomic E-state index is 12.5. The van der Waals surface area contributed by atoms with E-state index in [1.54, 1.807) is 37.3 Å². The van der Waals surface area contributed by atoms with Gasteiger partial charge in [0.15, 0.2) is 0 Å². The van der Waals surface area contributed by atoms with Crippen LogP contribution in [0.15, 0.2) is 58.8 Å². The molecule has 3 aromatic rings. The predicted molar refractivity (Wildman–Crippen MR) is 125 cm³/mol. The van der Waals surface area contributed by atoms with Gasteiger partial charge in [-0.05, 0) is 31.2 Å². The highest BCUT2D eigenvalue weighted by Gasteiger charge is 2.21. The fraction of sp³-hybridized carbons (Fsp3) is 0.304. The Hall–Kier alpha value is -2.55. The summed E-state index contributed by atoms with van der Waals surface area (Å²) in [5.41, 5.74) is 3.66. The maximum Gasteiger partial charge on any atom is 0.251 e. The van der Waals surface area contributed by atoms with E-state index in [0.29, 0.717) is 31.6 Å². The number of hydrogen-bond acceptors (Lipinski definition) is 5. The first-order valence-electron chi connectivity index (χ1n) is 10.2. The standard InChI is InChI=1S/C23H27N3O3S2/c1-4-26(5-2)31(28,29)21-12-10-18(11-13-21)22(27)24-15-14-20-16-30-23(25-20)19-8-6-17(3)7-9-19/h6-13,16H,4-5,14-15H2,1-3H3,(H,24,27). The molecule has 8 heteroatoms. The van der Waals surface area contributed by atoms with Crippen molar-refractivity contribution in [3.63, 3.8) is 0 Å². The third-order valence-corrected chi connectivity index (χ3v) is 7.98. The Morgan fingerprint density at radius 2 is 1.68 bits per heavy atom. The Morgan fingerprint density at radius 3 is 2.29 bits per heavy atom. The van der Waals surface area contributed by atoms with Crippen LogP contribution in [0.1, 0.15) is 35.5 Å². The Kier molecular flexibility index (Phi) is 7.59. The van der Waals surface area contributed by atoms with Crippen LogP contribution in [-0.2, 0) is 16.4 Å². The summed E-state index contributed by atoms with van der Waals surface area (Å²) < 4.78 is 26.5. The summed E-state index contributed by atoms with van der Waals surface area (Å²) in [6.07, 6.45) is 0.628. The Balaban J connectivity index is 1.56. The average Bonchev–Trinajstić information content (AvgIpc) is 3.24. The second kappa shape index (κ2) is 10.2. The molecule has 1 aromatic heterocycles. The van der Waals surface area contributed by atoms with Gasteiger partial charge in [0, 0.05) is 42.6 Å². The van der Waals surface area contributed by atoms with Crippen LogP contribution < -0.4 is 5.32 Å². The average molecular weight is 458 g/mol. The minimum atomic E-state index is -3.53. The zero-order valence-corrected chi connectivity index (χ0v) is 19.6. The summed E-state index contributed by atoms with van der Waals surface area (Å²) in [5, 5.41) is 5.85. The molecule has 31 heavy (non-hydrogen) atoms. The summed E-state index contributed by atoms with van der Waals surface area (Å²) in [4.78, 5) is 17.3. The zero-order chi connectivity index (χ0) is 22.4. The van der Waals surface area contributed by atoms with Crippen molar-refractivity contribution in [1.29, 1.82) is 0 Å². The minimum absolute atomic E-state index is 0.193. The number of benzene rings is 2. The predicted octanol–water partition coefficient (Wildman–Crippen LogP) is 4.12. The van der Waals surface area contributed by atoms with Gasteiger partial charge >= 0.3 is 0 Å². The normalized spacial score (nSPS) is 11.6. The molecule has 0 fully saturated rings. The number of nitrogens with one attached hydrogen (secondary N) is 1. The first-order chi connectivity index (χ1) is 14.8. The van der Waals surface area contributed by atoms with E-state index in [-0.39, 0.29) is 10.8 Å². The van der Waals surface area contributed by atoms with E-state index in [9.17, 15) is 13.2 Å². The molecule has 0 atom stereocenters. The van der Waals surface area contributed by atoms with E-state index in [0.717, 1.165) is 16.3 Å². The molecule has 164 valence electrons. The van der Waals surface area contributed by atoms with Crippen molar-refractivity contribution in [3.05, 3.63) is 70.7 Å². The summed E-state index contributed by atoms with van der Waals surface area (Å²) >= 11 is 1.59. The molecule has 0 radical (unpaired) electrons. The van der Waals surface area contributed by atoms with Crippen molar-refractivity contribution >= 4 is 27.3 Å². The Labute approximate surface area is 188 Å². The summed E-state index contributed by atoms with van der Waals surface area (Å²) in [5.74, 6) is -0.235. The van der Waals surface area contributed by atoms with Gasteiger partial charge in [-0.1, -0.05) is 43.7 Å². The van der Waals surface area contributed by atoms with Gasteiger partial charge in [-0.15, -0.1) is 11.3 Å². The molecular formula is C23H27N3O3S2. The van der Waals surface area contributed by atoms with Crippen LogP contribution in [0.3, 0.4) is 0 Å². The molecule has 0 unspecified atom stereocenters. The molecule has 0 spiro atoms. The van der Waals surface area contributed by atoms with Gasteiger partial charge in [0.1, 0.15) is 5.01 Å². The van der Waals surface area contributed by atoms with E-state index in [4.69, 9.17) is 0 Å². The molecule has 2 aromatic carbocycles. The molecule has 6 nitrogen and oxygen atoms in total. The van der Waals surface area contributed by atoms with Crippen LogP contribution >= 0.6 is 11.3 Å². The molecule has 0 aliphatic heterocycles. The van der Waals surface area contributed by atoms with Crippen LogP contribution in [0.4, 0.5) is 0 Å². The molecule has 0 aliphatic rings. The van der Waals surface area contributed by atoms with Gasteiger partial charge in [-0.25, -0.2) is 13.4 Å². The number of amides is 1. The second-order valence-electron chi connectivity index (χ2n) is 7.13. The summed E-state index contributed by atoms with van der Waals surface area (Å²) in [7, 11) is -3.53. The molecular weight excluding hydrogens is 430 g/mol. The van der Waals surface area contributed by atoms with E-state index in [2.05, 4.69) is 41.5 Å². The number of aryl methyl sites for hydroxylation is 1. The van der Waals surface area contributed by atoms with Crippen molar-refractivity contribution in [2.24, 2.45) is 0 Å². The molecule has 0 bridgehead atoms. The summed E-state index contributed by atoms with van der Waals surface area (Å²) in [6.45, 7) is 6.92. The highest BCUT2D eigenvalue weighted by Crippen LogP contribution is 2.24. The molecule has 3 rings (SSSR count). The van der Waals surface area contributed by atoms with Crippen molar-refractivity contribution in [2.45, 2.75) is 32.1 Å². The lowest BCUT2D eigenvalue weighted by atomic mass is 10.2. The maximum atomic E-state index is 12.5. The van der Waals surface area contributed by atoms with Crippen LogP contribution in [0.5, 0.6) is 0 Å². The number of nitrogens with zero attached hydrogens (tertiary/aromatic N) is 2. The monoisotopic (exact) mass is 457 g/mol. The molecule has 0 saturated carbocycles. The van der Waals surface area contributed by atoms with Crippen molar-refractivity contribution < 1.29 is 13.2 Å². The number of carbonyl (C=O) groups is 1. The number of thiazole rings is 1. The van der Waals surface area contributed by atoms with E-state index >= 15 is 0 Å². The van der Waals surface area contributed by atoms with Crippen LogP contribution in [0.25, 0.3) is 10.6 Å². The van der Waals surface area contributed by atoms with E-state index in [1.165, 1.54) is 22.0 Å². The minimum Gasteiger partial charge on any atom is -0.352 e. The van der Waals surface area contributed by atoms with Gasteiger partial charge in [-0.3, -0.25) is 4.79 Å². The number of rotatable bonds is 9. The number of aromatic nitrogens is 1. The van der Waals surface area contributed by atoms with Gasteiger partial charge in [-0.2, -0.15) is 4.31 Å². The largest absolute Gasteiger partial charge is 0.352 e. The fourth-order valence-corrected chi connectivity index (χ4v) is 5.47. The lowest BCUT2D eigenvalue weighted by molar-refractivity contribution is 0.0954. The Bertz CT molecular complexity index is 1120. The topological polar surface area (TPSA) is 79.4 Å². The second-order valence-corrected chi connectivity index (χ2v) is 9.93. The molecule has 0 saturated heterocycles. The van der Waals surface area contributed by atoms with Gasteiger partial charge < -0.3 is 5.32 Å². The molecule has 1 heterocycles. The number of hydrogen-bond donors (Lipinski definition) is 1. The first-order valence-corrected chi connectivity index (χ1v) is 12.6. The highest BCUT2D eigenvalue weighted by molar-refractivity contribution is 7.89. The van der Waals surface area contributed by atoms with Crippen molar-refractivity contribution in [1.82, 2.24) is 14.6 Å². The van der Waals surface area contributed by atoms with Crippen molar-refractivity contribution in [3.8, 4) is 10.6 Å². The van der Waals surface area contributed by atoms with E-state index < -0.39 is 10.0 Å². The van der Waals surface area contributed by atoms with Crippen LogP contribution in [-0.4, -0.2) is 43.2 Å². The molecule has 0 aliphatic carbocycles. The zero-order valence-electron chi connectivity index (χ0n) is 18.0. The quantitative estimate of drug-likeness (QED) is 0.524. The first kappa shape index (κ1) is 23.1. The van der Waals surface area contributed by atoms with Gasteiger partial charge in [0.2, 0.25) is 10.0 Å². The van der Waals surface area contributed by atoms with E-state index in [1.807, 2.05) is 5.38 Å². The smallest absolute Gasteiger partial charge is 0.251 e.